The number of fused-ring (bicyclic) bond motifs is 3. The largest absolute Gasteiger partial charge is 0.497 e. The number of benzene rings is 3. The molecule has 3 aromatic rings. The Kier molecular flexibility index (Phi) is 3.01. The number of hydrogen-bond donors (Lipinski definition) is 0. The Morgan fingerprint density at radius 2 is 1.57 bits per heavy atom. The normalized spacial score (nSPS) is 16.7. The second-order valence-corrected chi connectivity index (χ2v) is 5.64. The Hall–Kier alpha value is -2.94. The number of ketones is 2. The van der Waals surface area contributed by atoms with E-state index in [2.05, 4.69) is 0 Å². The first kappa shape index (κ1) is 13.7. The molecular formula is C20H14O3. The first-order chi connectivity index (χ1) is 11.2. The van der Waals surface area contributed by atoms with Crippen molar-refractivity contribution < 1.29 is 14.3 Å². The molecule has 112 valence electrons. The van der Waals surface area contributed by atoms with Crippen molar-refractivity contribution in [1.29, 1.82) is 0 Å². The van der Waals surface area contributed by atoms with Crippen molar-refractivity contribution in [2.24, 2.45) is 0 Å². The third-order valence-electron chi connectivity index (χ3n) is 4.41. The Labute approximate surface area is 133 Å². The van der Waals surface area contributed by atoms with Crippen LogP contribution in [-0.4, -0.2) is 18.7 Å². The lowest BCUT2D eigenvalue weighted by molar-refractivity contribution is 0.0890. The minimum atomic E-state index is -0.748. The van der Waals surface area contributed by atoms with Crippen LogP contribution < -0.4 is 4.74 Å². The van der Waals surface area contributed by atoms with Crippen molar-refractivity contribution in [3.8, 4) is 5.75 Å². The molecule has 3 heteroatoms. The summed E-state index contributed by atoms with van der Waals surface area (Å²) in [6.07, 6.45) is 0. The lowest BCUT2D eigenvalue weighted by atomic mass is 9.94. The van der Waals surface area contributed by atoms with Gasteiger partial charge in [0.2, 0.25) is 0 Å². The van der Waals surface area contributed by atoms with E-state index in [1.54, 1.807) is 37.4 Å². The Bertz CT molecular complexity index is 939. The molecule has 0 aromatic heterocycles. The first-order valence-electron chi connectivity index (χ1n) is 7.45. The fraction of sp³-hybridized carbons (Fsp3) is 0.100. The molecule has 1 atom stereocenters. The fourth-order valence-corrected chi connectivity index (χ4v) is 3.26. The summed E-state index contributed by atoms with van der Waals surface area (Å²) < 4.78 is 5.14. The van der Waals surface area contributed by atoms with Crippen LogP contribution in [0.5, 0.6) is 5.75 Å². The summed E-state index contributed by atoms with van der Waals surface area (Å²) in [5, 5.41) is 1.82. The van der Waals surface area contributed by atoms with E-state index in [4.69, 9.17) is 4.74 Å². The van der Waals surface area contributed by atoms with Gasteiger partial charge in [-0.3, -0.25) is 9.59 Å². The molecule has 1 aliphatic rings. The SMILES string of the molecule is COc1ccc(C2C(=O)c3ccc4ccccc4c3C2=O)cc1. The van der Waals surface area contributed by atoms with E-state index in [9.17, 15) is 9.59 Å². The van der Waals surface area contributed by atoms with E-state index in [-0.39, 0.29) is 11.6 Å². The van der Waals surface area contributed by atoms with E-state index >= 15 is 0 Å². The molecule has 0 radical (unpaired) electrons. The van der Waals surface area contributed by atoms with Crippen LogP contribution in [0.1, 0.15) is 32.2 Å². The van der Waals surface area contributed by atoms with Crippen molar-refractivity contribution in [3.05, 3.63) is 77.4 Å². The molecular weight excluding hydrogens is 288 g/mol. The summed E-state index contributed by atoms with van der Waals surface area (Å²) in [7, 11) is 1.59. The topological polar surface area (TPSA) is 43.4 Å². The van der Waals surface area contributed by atoms with E-state index < -0.39 is 5.92 Å². The number of rotatable bonds is 2. The van der Waals surface area contributed by atoms with Crippen LogP contribution in [0.2, 0.25) is 0 Å². The monoisotopic (exact) mass is 302 g/mol. The minimum Gasteiger partial charge on any atom is -0.497 e. The molecule has 1 aliphatic carbocycles. The lowest BCUT2D eigenvalue weighted by Crippen LogP contribution is -2.12. The zero-order valence-corrected chi connectivity index (χ0v) is 12.6. The number of carbonyl (C=O) groups excluding carboxylic acids is 2. The van der Waals surface area contributed by atoms with Crippen LogP contribution in [0.15, 0.2) is 60.7 Å². The summed E-state index contributed by atoms with van der Waals surface area (Å²) in [5.41, 5.74) is 1.78. The smallest absolute Gasteiger partial charge is 0.179 e. The van der Waals surface area contributed by atoms with Crippen LogP contribution >= 0.6 is 0 Å². The highest BCUT2D eigenvalue weighted by Gasteiger charge is 2.40. The molecule has 0 saturated carbocycles. The average Bonchev–Trinajstić information content (AvgIpc) is 2.86. The molecule has 0 spiro atoms. The summed E-state index contributed by atoms with van der Waals surface area (Å²) in [4.78, 5) is 25.7. The van der Waals surface area contributed by atoms with Crippen LogP contribution in [-0.2, 0) is 0 Å². The molecule has 0 bridgehead atoms. The predicted octanol–water partition coefficient (Wildman–Crippen LogP) is 4.01. The second kappa shape index (κ2) is 5.06. The third kappa shape index (κ3) is 1.97. The van der Waals surface area contributed by atoms with Crippen molar-refractivity contribution in [1.82, 2.24) is 0 Å². The van der Waals surface area contributed by atoms with Gasteiger partial charge in [-0.1, -0.05) is 42.5 Å². The van der Waals surface area contributed by atoms with Crippen LogP contribution in [0.25, 0.3) is 10.8 Å². The van der Waals surface area contributed by atoms with Crippen molar-refractivity contribution >= 4 is 22.3 Å². The van der Waals surface area contributed by atoms with E-state index in [0.717, 1.165) is 10.8 Å². The first-order valence-corrected chi connectivity index (χ1v) is 7.45. The maximum Gasteiger partial charge on any atom is 0.179 e. The van der Waals surface area contributed by atoms with E-state index in [0.29, 0.717) is 22.4 Å². The van der Waals surface area contributed by atoms with Crippen molar-refractivity contribution in [3.63, 3.8) is 0 Å². The summed E-state index contributed by atoms with van der Waals surface area (Å²) in [5.74, 6) is -0.288. The van der Waals surface area contributed by atoms with Crippen LogP contribution in [0.3, 0.4) is 0 Å². The number of ether oxygens (including phenoxy) is 1. The highest BCUT2D eigenvalue weighted by Crippen LogP contribution is 2.38. The Morgan fingerprint density at radius 1 is 0.826 bits per heavy atom. The number of Topliss-reactive ketones (excluding diaryl/α,β-unsaturated/α-hetero) is 2. The zero-order chi connectivity index (χ0) is 16.0. The quantitative estimate of drug-likeness (QED) is 0.672. The van der Waals surface area contributed by atoms with Gasteiger partial charge in [0.15, 0.2) is 11.6 Å². The van der Waals surface area contributed by atoms with Gasteiger partial charge < -0.3 is 4.74 Å². The lowest BCUT2D eigenvalue weighted by Gasteiger charge is -2.08. The van der Waals surface area contributed by atoms with Gasteiger partial charge in [-0.25, -0.2) is 0 Å². The van der Waals surface area contributed by atoms with Crippen LogP contribution in [0.4, 0.5) is 0 Å². The standard InChI is InChI=1S/C20H14O3/c1-23-14-9-6-13(7-10-14)17-19(21)16-11-8-12-4-2-3-5-15(12)18(16)20(17)22/h2-11,17H,1H3. The highest BCUT2D eigenvalue weighted by atomic mass is 16.5. The molecule has 0 heterocycles. The average molecular weight is 302 g/mol. The van der Waals surface area contributed by atoms with E-state index in [1.165, 1.54) is 0 Å². The predicted molar refractivity (Wildman–Crippen MR) is 88.3 cm³/mol. The molecule has 1 unspecified atom stereocenters. The molecule has 0 aliphatic heterocycles. The van der Waals surface area contributed by atoms with E-state index in [1.807, 2.05) is 30.3 Å². The van der Waals surface area contributed by atoms with Gasteiger partial charge in [-0.05, 0) is 34.5 Å². The minimum absolute atomic E-state index is 0.119. The van der Waals surface area contributed by atoms with Gasteiger partial charge >= 0.3 is 0 Å². The van der Waals surface area contributed by atoms with Gasteiger partial charge in [0.05, 0.1) is 7.11 Å². The second-order valence-electron chi connectivity index (χ2n) is 5.64. The van der Waals surface area contributed by atoms with Gasteiger partial charge in [0.25, 0.3) is 0 Å². The van der Waals surface area contributed by atoms with Crippen molar-refractivity contribution in [2.45, 2.75) is 5.92 Å². The molecule has 4 rings (SSSR count). The Morgan fingerprint density at radius 3 is 2.30 bits per heavy atom. The number of methoxy groups -OCH3 is 1. The number of carbonyl (C=O) groups is 2. The van der Waals surface area contributed by atoms with Gasteiger partial charge in [-0.2, -0.15) is 0 Å². The molecule has 3 aromatic carbocycles. The summed E-state index contributed by atoms with van der Waals surface area (Å²) in [6, 6.07) is 18.5. The van der Waals surface area contributed by atoms with Crippen molar-refractivity contribution in [2.75, 3.05) is 7.11 Å². The molecule has 0 fully saturated rings. The number of hydrogen-bond acceptors (Lipinski definition) is 3. The van der Waals surface area contributed by atoms with Gasteiger partial charge in [0.1, 0.15) is 11.7 Å². The zero-order valence-electron chi connectivity index (χ0n) is 12.6. The van der Waals surface area contributed by atoms with Gasteiger partial charge in [0, 0.05) is 11.1 Å². The van der Waals surface area contributed by atoms with Gasteiger partial charge in [-0.15, -0.1) is 0 Å². The highest BCUT2D eigenvalue weighted by molar-refractivity contribution is 6.33. The molecule has 3 nitrogen and oxygen atoms in total. The maximum atomic E-state index is 12.9. The van der Waals surface area contributed by atoms with Crippen LogP contribution in [0, 0.1) is 0 Å². The molecule has 0 amide bonds. The summed E-state index contributed by atoms with van der Waals surface area (Å²) >= 11 is 0. The fourth-order valence-electron chi connectivity index (χ4n) is 3.26. The maximum absolute atomic E-state index is 12.9. The Balaban J connectivity index is 1.87. The third-order valence-corrected chi connectivity index (χ3v) is 4.41. The molecule has 0 N–H and O–H groups in total. The molecule has 0 saturated heterocycles. The molecule has 23 heavy (non-hydrogen) atoms. The summed E-state index contributed by atoms with van der Waals surface area (Å²) in [6.45, 7) is 0.